The molecule has 0 spiro atoms. The predicted octanol–water partition coefficient (Wildman–Crippen LogP) is 4.01. The van der Waals surface area contributed by atoms with Crippen LogP contribution in [0.25, 0.3) is 0 Å². The van der Waals surface area contributed by atoms with Gasteiger partial charge in [-0.2, -0.15) is 0 Å². The van der Waals surface area contributed by atoms with Crippen molar-refractivity contribution in [3.8, 4) is 0 Å². The van der Waals surface area contributed by atoms with Gasteiger partial charge in [0.05, 0.1) is 12.0 Å². The average molecular weight is 471 g/mol. The van der Waals surface area contributed by atoms with E-state index < -0.39 is 69.3 Å². The molecule has 0 aromatic rings. The van der Waals surface area contributed by atoms with Gasteiger partial charge in [0.1, 0.15) is 0 Å². The number of hydrogen-bond acceptors (Lipinski definition) is 5. The molecule has 3 fully saturated rings. The van der Waals surface area contributed by atoms with E-state index in [1.165, 1.54) is 19.9 Å². The maximum Gasteiger partial charge on any atom is 0.303 e. The summed E-state index contributed by atoms with van der Waals surface area (Å²) in [5.74, 6) is -4.77. The first kappa shape index (κ1) is 23.6. The molecule has 0 amide bonds. The third-order valence-electron chi connectivity index (χ3n) is 9.11. The lowest BCUT2D eigenvalue weighted by Gasteiger charge is -2.62. The van der Waals surface area contributed by atoms with Crippen LogP contribution in [0.2, 0.25) is 0 Å². The second kappa shape index (κ2) is 7.20. The number of ketones is 2. The summed E-state index contributed by atoms with van der Waals surface area (Å²) in [5.41, 5.74) is -6.26. The lowest BCUT2D eigenvalue weighted by atomic mass is 9.44. The number of esters is 1. The topological polar surface area (TPSA) is 80.7 Å². The summed E-state index contributed by atoms with van der Waals surface area (Å²) in [7, 11) is 0. The molecule has 3 saturated carbocycles. The Morgan fingerprint density at radius 3 is 2.56 bits per heavy atom. The summed E-state index contributed by atoms with van der Waals surface area (Å²) >= 11 is 5.94. The fraction of sp³-hybridized carbons (Fsp3) is 0.708. The van der Waals surface area contributed by atoms with E-state index in [1.54, 1.807) is 13.8 Å². The Hall–Kier alpha value is -1.60. The van der Waals surface area contributed by atoms with Crippen molar-refractivity contribution in [1.82, 2.24) is 0 Å². The fourth-order valence-electron chi connectivity index (χ4n) is 7.80. The lowest BCUT2D eigenvalue weighted by Crippen LogP contribution is -2.70. The molecular weight excluding hydrogens is 442 g/mol. The van der Waals surface area contributed by atoms with E-state index in [9.17, 15) is 23.9 Å². The molecule has 4 aliphatic carbocycles. The molecule has 176 valence electrons. The number of aliphatic hydroxyl groups excluding tert-OH is 1. The molecule has 4 rings (SSSR count). The van der Waals surface area contributed by atoms with Crippen LogP contribution < -0.4 is 0 Å². The average Bonchev–Trinajstić information content (AvgIpc) is 2.93. The maximum atomic E-state index is 17.1. The number of aliphatic hydroxyl groups is 1. The largest absolute Gasteiger partial charge is 0.450 e. The van der Waals surface area contributed by atoms with Crippen LogP contribution in [0.4, 0.5) is 8.78 Å². The second-order valence-corrected chi connectivity index (χ2v) is 10.6. The number of Topliss-reactive ketones (excluding diaryl/α,β-unsaturated/α-hetero) is 1. The van der Waals surface area contributed by atoms with Crippen molar-refractivity contribution in [2.75, 3.05) is 5.88 Å². The summed E-state index contributed by atoms with van der Waals surface area (Å²) in [4.78, 5) is 37.2. The zero-order valence-electron chi connectivity index (χ0n) is 18.7. The molecule has 0 unspecified atom stereocenters. The van der Waals surface area contributed by atoms with E-state index in [0.717, 1.165) is 6.08 Å². The molecule has 0 aromatic heterocycles. The number of ether oxygens (including phenoxy) is 1. The van der Waals surface area contributed by atoms with Gasteiger partial charge in [-0.05, 0) is 50.2 Å². The van der Waals surface area contributed by atoms with Gasteiger partial charge in [0.15, 0.2) is 22.9 Å². The van der Waals surface area contributed by atoms with E-state index in [1.807, 2.05) is 0 Å². The highest BCUT2D eigenvalue weighted by Gasteiger charge is 2.77. The third kappa shape index (κ3) is 2.55. The summed E-state index contributed by atoms with van der Waals surface area (Å²) in [6.07, 6.45) is 1.49. The van der Waals surface area contributed by atoms with Crippen molar-refractivity contribution in [3.63, 3.8) is 0 Å². The molecule has 0 aliphatic heterocycles. The van der Waals surface area contributed by atoms with Gasteiger partial charge in [0.2, 0.25) is 5.78 Å². The van der Waals surface area contributed by atoms with Crippen LogP contribution in [-0.4, -0.2) is 45.9 Å². The molecule has 8 heteroatoms. The minimum atomic E-state index is -2.24. The van der Waals surface area contributed by atoms with Crippen molar-refractivity contribution >= 4 is 29.1 Å². The van der Waals surface area contributed by atoms with E-state index in [4.69, 9.17) is 16.3 Å². The first-order chi connectivity index (χ1) is 14.8. The number of alkyl halides is 2. The van der Waals surface area contributed by atoms with Crippen molar-refractivity contribution < 1.29 is 33.0 Å². The summed E-state index contributed by atoms with van der Waals surface area (Å²) in [5, 5.41) is 11.3. The summed E-state index contributed by atoms with van der Waals surface area (Å²) in [6.45, 7) is 6.31. The molecule has 5 nitrogen and oxygen atoms in total. The monoisotopic (exact) mass is 470 g/mol. The Balaban J connectivity index is 1.88. The van der Waals surface area contributed by atoms with E-state index in [0.29, 0.717) is 6.42 Å². The molecule has 1 N–H and O–H groups in total. The molecule has 8 atom stereocenters. The normalized spacial score (nSPS) is 47.6. The van der Waals surface area contributed by atoms with Crippen molar-refractivity contribution in [3.05, 3.63) is 23.6 Å². The van der Waals surface area contributed by atoms with Gasteiger partial charge in [-0.25, -0.2) is 8.78 Å². The van der Waals surface area contributed by atoms with Gasteiger partial charge in [-0.1, -0.05) is 19.9 Å². The third-order valence-corrected chi connectivity index (χ3v) is 9.36. The van der Waals surface area contributed by atoms with Crippen molar-refractivity contribution in [2.45, 2.75) is 70.8 Å². The summed E-state index contributed by atoms with van der Waals surface area (Å²) < 4.78 is 37.6. The highest BCUT2D eigenvalue weighted by molar-refractivity contribution is 6.29. The van der Waals surface area contributed by atoms with Gasteiger partial charge in [-0.3, -0.25) is 14.4 Å². The number of fused-ring (bicyclic) bond motifs is 5. The van der Waals surface area contributed by atoms with Crippen LogP contribution in [0.1, 0.15) is 53.4 Å². The Morgan fingerprint density at radius 1 is 1.31 bits per heavy atom. The van der Waals surface area contributed by atoms with E-state index in [-0.39, 0.29) is 30.7 Å². The van der Waals surface area contributed by atoms with Crippen molar-refractivity contribution in [2.24, 2.45) is 28.6 Å². The SMILES string of the molecule is CC(=O)O[C@@]1(C(=O)CCl)[C@H](C)C[C@H]2[C@@H]3CCC4=C(F)C(=O)C=C[C@]4(C)[C@@]3(F)[C@@H](O)C[C@@]21C. The first-order valence-corrected chi connectivity index (χ1v) is 11.6. The summed E-state index contributed by atoms with van der Waals surface area (Å²) in [6, 6.07) is 0. The van der Waals surface area contributed by atoms with Crippen molar-refractivity contribution in [1.29, 1.82) is 0 Å². The quantitative estimate of drug-likeness (QED) is 0.498. The van der Waals surface area contributed by atoms with Crippen LogP contribution in [-0.2, 0) is 19.1 Å². The minimum absolute atomic E-state index is 0.0838. The molecular formula is C24H29ClF2O5. The zero-order valence-corrected chi connectivity index (χ0v) is 19.5. The maximum absolute atomic E-state index is 17.1. The molecule has 0 bridgehead atoms. The van der Waals surface area contributed by atoms with Gasteiger partial charge in [0, 0.05) is 29.6 Å². The highest BCUT2D eigenvalue weighted by Crippen LogP contribution is 2.71. The van der Waals surface area contributed by atoms with Gasteiger partial charge in [-0.15, -0.1) is 11.6 Å². The van der Waals surface area contributed by atoms with Gasteiger partial charge < -0.3 is 9.84 Å². The molecule has 4 aliphatic rings. The Bertz CT molecular complexity index is 962. The molecule has 0 radical (unpaired) electrons. The second-order valence-electron chi connectivity index (χ2n) is 10.4. The fourth-order valence-corrected chi connectivity index (χ4v) is 8.00. The molecule has 0 saturated heterocycles. The Morgan fingerprint density at radius 2 is 1.97 bits per heavy atom. The number of allylic oxidation sites excluding steroid dienone is 4. The Kier molecular flexibility index (Phi) is 5.30. The van der Waals surface area contributed by atoms with Gasteiger partial charge in [0.25, 0.3) is 0 Å². The van der Waals surface area contributed by atoms with Crippen LogP contribution in [0.3, 0.4) is 0 Å². The predicted molar refractivity (Wildman–Crippen MR) is 113 cm³/mol. The lowest BCUT2D eigenvalue weighted by molar-refractivity contribution is -0.226. The van der Waals surface area contributed by atoms with Gasteiger partial charge >= 0.3 is 5.97 Å². The molecule has 0 aromatic carbocycles. The standard InChI is InChI=1S/C24H29ClF2O5/c1-12-9-16-14-5-6-15-20(26)17(29)7-8-21(15,3)23(14,27)18(30)10-22(16,4)24(12,19(31)11-25)32-13(2)28/h7-8,12,14,16,18,30H,5-6,9-11H2,1-4H3/t12-,14+,16+,18+,21+,22+,23+,24-/m1/s1. The first-order valence-electron chi connectivity index (χ1n) is 11.1. The number of rotatable bonds is 3. The Labute approximate surface area is 191 Å². The van der Waals surface area contributed by atoms with E-state index in [2.05, 4.69) is 0 Å². The molecule has 32 heavy (non-hydrogen) atoms. The number of carbonyl (C=O) groups is 3. The van der Waals surface area contributed by atoms with E-state index >= 15 is 4.39 Å². The number of halogens is 3. The highest BCUT2D eigenvalue weighted by atomic mass is 35.5. The van der Waals surface area contributed by atoms with Crippen LogP contribution >= 0.6 is 11.6 Å². The number of carbonyl (C=O) groups excluding carboxylic acids is 3. The molecule has 0 heterocycles. The smallest absolute Gasteiger partial charge is 0.303 e. The van der Waals surface area contributed by atoms with Crippen LogP contribution in [0, 0.1) is 28.6 Å². The minimum Gasteiger partial charge on any atom is -0.450 e. The van der Waals surface area contributed by atoms with Crippen LogP contribution in [0.15, 0.2) is 23.6 Å². The van der Waals surface area contributed by atoms with Crippen LogP contribution in [0.5, 0.6) is 0 Å². The number of hydrogen-bond donors (Lipinski definition) is 1. The zero-order chi connectivity index (χ0) is 23.9.